The summed E-state index contributed by atoms with van der Waals surface area (Å²) in [5, 5.41) is 0. The molecule has 0 N–H and O–H groups in total. The Morgan fingerprint density at radius 2 is 1.91 bits per heavy atom. The summed E-state index contributed by atoms with van der Waals surface area (Å²) in [6.07, 6.45) is 0. The molecule has 2 nitrogen and oxygen atoms in total. The van der Waals surface area contributed by atoms with Gasteiger partial charge >= 0.3 is 46.4 Å². The molecule has 56 valence electrons. The molecule has 4 heteroatoms. The van der Waals surface area contributed by atoms with E-state index in [2.05, 4.69) is 0 Å². The molecule has 1 atom stereocenters. The predicted molar refractivity (Wildman–Crippen MR) is 48.8 cm³/mol. The quantitative estimate of drug-likeness (QED) is 0.536. The molecule has 0 aliphatic heterocycles. The number of aryl methyl sites for hydroxylation is 1. The van der Waals surface area contributed by atoms with Crippen molar-refractivity contribution in [2.24, 2.45) is 0 Å². The molecule has 0 amide bonds. The first-order valence-electron chi connectivity index (χ1n) is 2.93. The molecular formula is C7H10CaO2P+. The summed E-state index contributed by atoms with van der Waals surface area (Å²) >= 11 is 0. The average molecular weight is 197 g/mol. The monoisotopic (exact) mass is 197 g/mol. The zero-order valence-electron chi connectivity index (χ0n) is 8.33. The van der Waals surface area contributed by atoms with Gasteiger partial charge in [0, 0.05) is 0 Å². The zero-order valence-corrected chi connectivity index (χ0v) is 9.54. The minimum atomic E-state index is -0.718. The van der Waals surface area contributed by atoms with Crippen molar-refractivity contribution < 1.29 is 11.9 Å². The van der Waals surface area contributed by atoms with Gasteiger partial charge in [0.05, 0.1) is 0 Å². The topological polar surface area (TPSA) is 26.3 Å². The maximum Gasteiger partial charge on any atom is 2.00 e. The third-order valence-electron chi connectivity index (χ3n) is 1.18. The van der Waals surface area contributed by atoms with Crippen molar-refractivity contribution in [3.8, 4) is 5.75 Å². The van der Waals surface area contributed by atoms with E-state index >= 15 is 0 Å². The van der Waals surface area contributed by atoms with Crippen LogP contribution in [0.1, 0.15) is 8.42 Å². The van der Waals surface area contributed by atoms with E-state index in [-0.39, 0.29) is 40.6 Å². The molecule has 11 heavy (non-hydrogen) atoms. The Labute approximate surface area is 100 Å². The maximum atomic E-state index is 9.99. The van der Waals surface area contributed by atoms with E-state index in [1.165, 1.54) is 5.56 Å². The number of hydrogen-bond donors (Lipinski definition) is 0. The Morgan fingerprint density at radius 3 is 2.36 bits per heavy atom. The Balaban J connectivity index is -0.000000333. The second-order valence-electron chi connectivity index (χ2n) is 2.00. The normalized spacial score (nSPS) is 8.82. The van der Waals surface area contributed by atoms with Gasteiger partial charge in [-0.05, 0) is 23.6 Å². The average Bonchev–Trinajstić information content (AvgIpc) is 1.95. The molecular weight excluding hydrogens is 187 g/mol. The smallest absolute Gasteiger partial charge is 1.00 e. The molecule has 0 saturated carbocycles. The molecule has 0 aliphatic carbocycles. The van der Waals surface area contributed by atoms with Gasteiger partial charge in [-0.1, -0.05) is 17.7 Å². The van der Waals surface area contributed by atoms with Gasteiger partial charge in [-0.25, -0.2) is 0 Å². The van der Waals surface area contributed by atoms with Gasteiger partial charge in [0.15, 0.2) is 5.75 Å². The summed E-state index contributed by atoms with van der Waals surface area (Å²) in [6.45, 7) is 1.99. The van der Waals surface area contributed by atoms with E-state index in [1.54, 1.807) is 12.1 Å². The van der Waals surface area contributed by atoms with Crippen molar-refractivity contribution in [2.45, 2.75) is 6.92 Å². The van der Waals surface area contributed by atoms with Crippen LogP contribution in [0.3, 0.4) is 0 Å². The molecule has 0 aromatic heterocycles. The minimum Gasteiger partial charge on any atom is -1.00 e. The van der Waals surface area contributed by atoms with Crippen LogP contribution >= 0.6 is 8.69 Å². The van der Waals surface area contributed by atoms with Gasteiger partial charge < -0.3 is 2.85 Å². The van der Waals surface area contributed by atoms with Crippen LogP contribution in [0.4, 0.5) is 0 Å². The Morgan fingerprint density at radius 1 is 1.36 bits per heavy atom. The Hall–Kier alpha value is 0.380. The van der Waals surface area contributed by atoms with Gasteiger partial charge in [-0.15, -0.1) is 0 Å². The summed E-state index contributed by atoms with van der Waals surface area (Å²) in [4.78, 5) is 0. The molecule has 0 heterocycles. The van der Waals surface area contributed by atoms with Gasteiger partial charge in [0.25, 0.3) is 0 Å². The van der Waals surface area contributed by atoms with Crippen LogP contribution in [0.5, 0.6) is 5.75 Å². The van der Waals surface area contributed by atoms with Crippen LogP contribution in [0.25, 0.3) is 0 Å². The van der Waals surface area contributed by atoms with Gasteiger partial charge in [-0.3, -0.25) is 4.52 Å². The molecule has 0 spiro atoms. The van der Waals surface area contributed by atoms with Gasteiger partial charge in [-0.2, -0.15) is 0 Å². The Bertz CT molecular complexity index is 230. The first-order chi connectivity index (χ1) is 4.83. The van der Waals surface area contributed by atoms with Crippen molar-refractivity contribution in [2.75, 3.05) is 0 Å². The van der Waals surface area contributed by atoms with Crippen molar-refractivity contribution >= 4 is 46.4 Å². The predicted octanol–water partition coefficient (Wildman–Crippen LogP) is 2.16. The van der Waals surface area contributed by atoms with E-state index < -0.39 is 8.69 Å². The molecule has 1 aromatic rings. The van der Waals surface area contributed by atoms with Crippen LogP contribution in [-0.4, -0.2) is 37.7 Å². The summed E-state index contributed by atoms with van der Waals surface area (Å²) in [6, 6.07) is 7.41. The fourth-order valence-corrected chi connectivity index (χ4v) is 0.887. The van der Waals surface area contributed by atoms with E-state index in [1.807, 2.05) is 19.1 Å². The van der Waals surface area contributed by atoms with Crippen LogP contribution in [0, 0.1) is 6.92 Å². The number of benzene rings is 1. The SMILES string of the molecule is Cc1ccc(O[PH+]=O)cc1.[Ca+2].[H-].[H-]. The summed E-state index contributed by atoms with van der Waals surface area (Å²) in [5.41, 5.74) is 1.17. The van der Waals surface area contributed by atoms with Crippen molar-refractivity contribution in [1.82, 2.24) is 0 Å². The van der Waals surface area contributed by atoms with E-state index in [9.17, 15) is 4.57 Å². The fourth-order valence-electron chi connectivity index (χ4n) is 0.654. The summed E-state index contributed by atoms with van der Waals surface area (Å²) in [7, 11) is -0.718. The van der Waals surface area contributed by atoms with Crippen LogP contribution in [0.15, 0.2) is 24.3 Å². The third kappa shape index (κ3) is 4.07. The molecule has 0 saturated heterocycles. The second-order valence-corrected chi connectivity index (χ2v) is 2.37. The van der Waals surface area contributed by atoms with Gasteiger partial charge in [0.2, 0.25) is 0 Å². The molecule has 0 bridgehead atoms. The Kier molecular flexibility index (Phi) is 6.16. The third-order valence-corrected chi connectivity index (χ3v) is 1.50. The number of rotatable bonds is 2. The van der Waals surface area contributed by atoms with Crippen LogP contribution in [0.2, 0.25) is 0 Å². The fraction of sp³-hybridized carbons (Fsp3) is 0.143. The first-order valence-corrected chi connectivity index (χ1v) is 3.75. The summed E-state index contributed by atoms with van der Waals surface area (Å²) in [5.74, 6) is 0.652. The molecule has 1 unspecified atom stereocenters. The van der Waals surface area contributed by atoms with Crippen LogP contribution in [-0.2, 0) is 4.57 Å². The van der Waals surface area contributed by atoms with E-state index in [4.69, 9.17) is 4.52 Å². The van der Waals surface area contributed by atoms with Crippen molar-refractivity contribution in [3.63, 3.8) is 0 Å². The molecule has 0 radical (unpaired) electrons. The largest absolute Gasteiger partial charge is 2.00 e. The standard InChI is InChI=1S/C7H8O2P.Ca.2H/c1-6-2-4-7(5-3-6)9-10-8;;;/h2-5,10H,1H3;;;/q+1;+2;2*-1. The molecule has 1 rings (SSSR count). The first kappa shape index (κ1) is 11.4. The molecule has 1 aromatic carbocycles. The van der Waals surface area contributed by atoms with E-state index in [0.717, 1.165) is 0 Å². The van der Waals surface area contributed by atoms with Gasteiger partial charge in [0.1, 0.15) is 0 Å². The molecule has 0 aliphatic rings. The van der Waals surface area contributed by atoms with Crippen molar-refractivity contribution in [3.05, 3.63) is 29.8 Å². The van der Waals surface area contributed by atoms with Crippen molar-refractivity contribution in [1.29, 1.82) is 0 Å². The summed E-state index contributed by atoms with van der Waals surface area (Å²) < 4.78 is 14.7. The number of hydrogen-bond acceptors (Lipinski definition) is 2. The van der Waals surface area contributed by atoms with Crippen LogP contribution < -0.4 is 4.52 Å². The zero-order chi connectivity index (χ0) is 7.40. The minimum absolute atomic E-state index is 0. The second kappa shape index (κ2) is 5.96. The molecule has 0 fully saturated rings. The maximum absolute atomic E-state index is 9.99. The van der Waals surface area contributed by atoms with E-state index in [0.29, 0.717) is 5.75 Å².